The number of aliphatic hydroxyl groups excluding tert-OH is 1. The van der Waals surface area contributed by atoms with Gasteiger partial charge in [0.05, 0.1) is 19.1 Å². The summed E-state index contributed by atoms with van der Waals surface area (Å²) in [6.45, 7) is 15.3. The zero-order chi connectivity index (χ0) is 34.2. The first-order valence-corrected chi connectivity index (χ1v) is 16.3. The lowest BCUT2D eigenvalue weighted by Crippen LogP contribution is -2.09. The number of carbonyl (C=O) groups excluding carboxylic acids is 1. The van der Waals surface area contributed by atoms with Crippen molar-refractivity contribution in [2.45, 2.75) is 80.1 Å². The molecule has 0 aliphatic carbocycles. The second kappa shape index (κ2) is 19.1. The van der Waals surface area contributed by atoms with E-state index in [9.17, 15) is 9.90 Å². The highest BCUT2D eigenvalue weighted by Gasteiger charge is 2.15. The molecule has 4 rings (SSSR count). The van der Waals surface area contributed by atoms with E-state index in [1.54, 1.807) is 13.0 Å². The van der Waals surface area contributed by atoms with Crippen LogP contribution in [-0.4, -0.2) is 23.8 Å². The summed E-state index contributed by atoms with van der Waals surface area (Å²) in [5.41, 5.74) is 9.18. The fraction of sp³-hybridized carbons (Fsp3) is 0.310. The summed E-state index contributed by atoms with van der Waals surface area (Å²) in [5.74, 6) is 1.61. The van der Waals surface area contributed by atoms with Crippen molar-refractivity contribution in [2.75, 3.05) is 6.61 Å². The van der Waals surface area contributed by atoms with Crippen LogP contribution in [0.3, 0.4) is 0 Å². The highest BCUT2D eigenvalue weighted by Crippen LogP contribution is 2.28. The number of aryl methyl sites for hydroxylation is 4. The van der Waals surface area contributed by atoms with Crippen molar-refractivity contribution >= 4 is 12.0 Å². The highest BCUT2D eigenvalue weighted by atomic mass is 16.5. The second-order valence-electron chi connectivity index (χ2n) is 11.7. The predicted molar refractivity (Wildman–Crippen MR) is 193 cm³/mol. The van der Waals surface area contributed by atoms with E-state index in [4.69, 9.17) is 14.2 Å². The number of ether oxygens (including phenoxy) is 3. The van der Waals surface area contributed by atoms with Gasteiger partial charge in [-0.1, -0.05) is 91.0 Å². The maximum absolute atomic E-state index is 11.9. The minimum Gasteiger partial charge on any atom is -0.489 e. The van der Waals surface area contributed by atoms with Gasteiger partial charge in [0.2, 0.25) is 0 Å². The molecule has 1 N–H and O–H groups in total. The lowest BCUT2D eigenvalue weighted by atomic mass is 9.93. The maximum atomic E-state index is 11.9. The van der Waals surface area contributed by atoms with Crippen molar-refractivity contribution < 1.29 is 24.1 Å². The van der Waals surface area contributed by atoms with Crippen LogP contribution < -0.4 is 9.47 Å². The van der Waals surface area contributed by atoms with Crippen LogP contribution in [0, 0.1) is 27.7 Å². The van der Waals surface area contributed by atoms with Crippen molar-refractivity contribution in [3.05, 3.63) is 148 Å². The Morgan fingerprint density at radius 3 is 1.79 bits per heavy atom. The number of carbonyl (C=O) groups is 1. The third kappa shape index (κ3) is 12.3. The Morgan fingerprint density at radius 1 is 0.745 bits per heavy atom. The van der Waals surface area contributed by atoms with Crippen molar-refractivity contribution in [2.24, 2.45) is 0 Å². The van der Waals surface area contributed by atoms with Gasteiger partial charge < -0.3 is 19.3 Å². The summed E-state index contributed by atoms with van der Waals surface area (Å²) in [5, 5.41) is 9.26. The average Bonchev–Trinajstić information content (AvgIpc) is 3.04. The zero-order valence-electron chi connectivity index (χ0n) is 29.0. The van der Waals surface area contributed by atoms with Crippen molar-refractivity contribution in [1.29, 1.82) is 0 Å². The monoisotopic (exact) mass is 634 g/mol. The second-order valence-corrected chi connectivity index (χ2v) is 11.7. The van der Waals surface area contributed by atoms with Gasteiger partial charge >= 0.3 is 5.97 Å². The zero-order valence-corrected chi connectivity index (χ0v) is 29.0. The molecule has 5 heteroatoms. The largest absolute Gasteiger partial charge is 0.489 e. The Morgan fingerprint density at radius 2 is 1.30 bits per heavy atom. The predicted octanol–water partition coefficient (Wildman–Crippen LogP) is 9.77. The third-order valence-electron chi connectivity index (χ3n) is 7.80. The van der Waals surface area contributed by atoms with Crippen LogP contribution in [0.15, 0.2) is 103 Å². The first kappa shape index (κ1) is 36.9. The molecule has 4 aromatic rings. The average molecular weight is 635 g/mol. The van der Waals surface area contributed by atoms with Gasteiger partial charge in [0.1, 0.15) is 24.7 Å². The molecule has 0 saturated carbocycles. The van der Waals surface area contributed by atoms with Gasteiger partial charge in [-0.2, -0.15) is 0 Å². The minimum absolute atomic E-state index is 0.0168. The molecular formula is C42H50O5. The van der Waals surface area contributed by atoms with E-state index in [1.165, 1.54) is 22.3 Å². The summed E-state index contributed by atoms with van der Waals surface area (Å²) in [6.07, 6.45) is 7.62. The molecule has 0 aromatic heterocycles. The Kier molecular flexibility index (Phi) is 15.0. The fourth-order valence-electron chi connectivity index (χ4n) is 5.04. The normalized spacial score (nSPS) is 12.3. The molecule has 0 saturated heterocycles. The molecule has 2 unspecified atom stereocenters. The van der Waals surface area contributed by atoms with Crippen LogP contribution in [0.2, 0.25) is 0 Å². The van der Waals surface area contributed by atoms with Gasteiger partial charge in [-0.25, -0.2) is 0 Å². The molecule has 0 radical (unpaired) electrons. The molecule has 4 aromatic carbocycles. The molecule has 0 heterocycles. The standard InChI is InChI=1S/C23H28O3.C19H22O2/c1-5-9-19(15-23(24)25-6-2)20-12-13-22(18(4)14-20)26-16-21-11-8-7-10-17(21)3;1-14-6-4-5-7-18(14)13-21-19-11-10-17(12-15(19)2)9-8-16(3)20/h5,7-14,19H,6,15-16H2,1-4H3;4-12,16,20H,13H2,1-3H3/b9-5+;9-8+. The molecule has 5 nitrogen and oxygen atoms in total. The molecule has 248 valence electrons. The van der Waals surface area contributed by atoms with Gasteiger partial charge in [-0.15, -0.1) is 0 Å². The summed E-state index contributed by atoms with van der Waals surface area (Å²) in [4.78, 5) is 11.9. The van der Waals surface area contributed by atoms with Crippen LogP contribution in [0.1, 0.15) is 77.6 Å². The minimum atomic E-state index is -0.428. The molecule has 0 amide bonds. The quantitative estimate of drug-likeness (QED) is 0.117. The van der Waals surface area contributed by atoms with Crippen LogP contribution in [0.5, 0.6) is 11.5 Å². The van der Waals surface area contributed by atoms with E-state index in [0.29, 0.717) is 26.2 Å². The third-order valence-corrected chi connectivity index (χ3v) is 7.80. The summed E-state index contributed by atoms with van der Waals surface area (Å²) in [6, 6.07) is 28.6. The van der Waals surface area contributed by atoms with Crippen molar-refractivity contribution in [3.63, 3.8) is 0 Å². The summed E-state index contributed by atoms with van der Waals surface area (Å²) in [7, 11) is 0. The van der Waals surface area contributed by atoms with E-state index < -0.39 is 6.10 Å². The molecule has 0 bridgehead atoms. The van der Waals surface area contributed by atoms with E-state index >= 15 is 0 Å². The van der Waals surface area contributed by atoms with Gasteiger partial charge in [0.15, 0.2) is 0 Å². The molecule has 0 spiro atoms. The maximum Gasteiger partial charge on any atom is 0.306 e. The van der Waals surface area contributed by atoms with Gasteiger partial charge in [0, 0.05) is 5.92 Å². The topological polar surface area (TPSA) is 65.0 Å². The number of rotatable bonds is 13. The van der Waals surface area contributed by atoms with Gasteiger partial charge in [-0.05, 0) is 111 Å². The molecule has 2 atom stereocenters. The summed E-state index contributed by atoms with van der Waals surface area (Å²) < 4.78 is 17.0. The number of hydrogen-bond donors (Lipinski definition) is 1. The molecule has 47 heavy (non-hydrogen) atoms. The Bertz CT molecular complexity index is 1630. The van der Waals surface area contributed by atoms with Crippen LogP contribution in [0.4, 0.5) is 0 Å². The van der Waals surface area contributed by atoms with Gasteiger partial charge in [0.25, 0.3) is 0 Å². The molecule has 0 fully saturated rings. The highest BCUT2D eigenvalue weighted by molar-refractivity contribution is 5.71. The first-order valence-electron chi connectivity index (χ1n) is 16.3. The van der Waals surface area contributed by atoms with Crippen LogP contribution in [-0.2, 0) is 22.7 Å². The number of aliphatic hydroxyl groups is 1. The summed E-state index contributed by atoms with van der Waals surface area (Å²) >= 11 is 0. The molecular weight excluding hydrogens is 584 g/mol. The number of allylic oxidation sites excluding steroid dienone is 2. The molecule has 0 aliphatic rings. The number of hydrogen-bond acceptors (Lipinski definition) is 5. The van der Waals surface area contributed by atoms with E-state index in [0.717, 1.165) is 33.8 Å². The van der Waals surface area contributed by atoms with E-state index in [-0.39, 0.29) is 11.9 Å². The van der Waals surface area contributed by atoms with Crippen LogP contribution in [0.25, 0.3) is 6.08 Å². The molecule has 0 aliphatic heterocycles. The SMILES string of the molecule is C/C=C/C(CC(=O)OCC)c1ccc(OCc2ccccc2C)c(C)c1.Cc1ccccc1COc1ccc(/C=C/C(C)O)cc1C. The number of esters is 1. The van der Waals surface area contributed by atoms with Gasteiger partial charge in [-0.3, -0.25) is 4.79 Å². The van der Waals surface area contributed by atoms with Crippen molar-refractivity contribution in [3.8, 4) is 11.5 Å². The van der Waals surface area contributed by atoms with Crippen molar-refractivity contribution in [1.82, 2.24) is 0 Å². The van der Waals surface area contributed by atoms with Crippen LogP contribution >= 0.6 is 0 Å². The van der Waals surface area contributed by atoms with E-state index in [2.05, 4.69) is 50.2 Å². The smallest absolute Gasteiger partial charge is 0.306 e. The lowest BCUT2D eigenvalue weighted by molar-refractivity contribution is -0.143. The van der Waals surface area contributed by atoms with E-state index in [1.807, 2.05) is 94.5 Å². The lowest BCUT2D eigenvalue weighted by Gasteiger charge is -2.16. The fourth-order valence-corrected chi connectivity index (χ4v) is 5.04. The Labute approximate surface area is 281 Å². The Hall–Kier alpha value is -4.61. The first-order chi connectivity index (χ1) is 22.6. The Balaban J connectivity index is 0.000000261. The number of benzene rings is 4.